The summed E-state index contributed by atoms with van der Waals surface area (Å²) in [6.07, 6.45) is 6.19. The molecule has 1 saturated carbocycles. The average Bonchev–Trinajstić information content (AvgIpc) is 3.52. The molecule has 2 aliphatic heterocycles. The van der Waals surface area contributed by atoms with Crippen LogP contribution in [-0.4, -0.2) is 78.9 Å². The third-order valence-electron chi connectivity index (χ3n) is 7.57. The van der Waals surface area contributed by atoms with E-state index in [-0.39, 0.29) is 68.1 Å². The molecule has 38 heavy (non-hydrogen) atoms. The van der Waals surface area contributed by atoms with Crippen LogP contribution in [0.3, 0.4) is 0 Å². The number of β-lactam (4-membered cyclic amide) rings is 1. The van der Waals surface area contributed by atoms with Gasteiger partial charge in [-0.05, 0) is 42.9 Å². The van der Waals surface area contributed by atoms with Crippen molar-refractivity contribution in [1.29, 1.82) is 0 Å². The molecule has 4 rings (SSSR count). The van der Waals surface area contributed by atoms with Crippen LogP contribution in [0, 0.1) is 11.8 Å². The second-order valence-electron chi connectivity index (χ2n) is 10.1. The monoisotopic (exact) mass is 527 g/mol. The highest BCUT2D eigenvalue weighted by molar-refractivity contribution is 6.03. The third-order valence-corrected chi connectivity index (χ3v) is 7.57. The molecule has 3 aliphatic rings. The maximum Gasteiger partial charge on any atom is 0.233 e. The smallest absolute Gasteiger partial charge is 0.233 e. The summed E-state index contributed by atoms with van der Waals surface area (Å²) in [6, 6.07) is 7.28. The number of nitrogens with one attached hydrogen (secondary N) is 1. The first-order valence-corrected chi connectivity index (χ1v) is 13.6. The molecule has 5 amide bonds. The summed E-state index contributed by atoms with van der Waals surface area (Å²) in [5.41, 5.74) is 1.62. The largest absolute Gasteiger partial charge is 0.379 e. The molecule has 1 unspecified atom stereocenters. The average molecular weight is 528 g/mol. The Morgan fingerprint density at radius 1 is 0.895 bits per heavy atom. The van der Waals surface area contributed by atoms with Crippen LogP contribution in [0.5, 0.6) is 0 Å². The minimum Gasteiger partial charge on any atom is -0.379 e. The number of benzene rings is 1. The second-order valence-corrected chi connectivity index (χ2v) is 10.1. The molecular formula is C28H37N3O7. The van der Waals surface area contributed by atoms with Crippen molar-refractivity contribution < 1.29 is 33.4 Å². The van der Waals surface area contributed by atoms with Crippen molar-refractivity contribution >= 4 is 35.2 Å². The molecule has 0 spiro atoms. The van der Waals surface area contributed by atoms with Crippen LogP contribution >= 0.6 is 0 Å². The molecule has 1 aromatic carbocycles. The number of ether oxygens (including phenoxy) is 2. The van der Waals surface area contributed by atoms with E-state index in [2.05, 4.69) is 5.32 Å². The number of anilines is 1. The number of amides is 5. The van der Waals surface area contributed by atoms with Gasteiger partial charge in [0.2, 0.25) is 29.5 Å². The summed E-state index contributed by atoms with van der Waals surface area (Å²) in [7, 11) is 0. The van der Waals surface area contributed by atoms with E-state index in [0.29, 0.717) is 50.6 Å². The van der Waals surface area contributed by atoms with Crippen molar-refractivity contribution in [2.45, 2.75) is 57.8 Å². The Labute approximate surface area is 223 Å². The molecule has 2 saturated heterocycles. The molecule has 10 heteroatoms. The molecule has 10 nitrogen and oxygen atoms in total. The Hall–Kier alpha value is -3.11. The zero-order chi connectivity index (χ0) is 26.9. The Kier molecular flexibility index (Phi) is 10.0. The van der Waals surface area contributed by atoms with Crippen molar-refractivity contribution in [3.63, 3.8) is 0 Å². The predicted molar refractivity (Wildman–Crippen MR) is 138 cm³/mol. The first-order valence-electron chi connectivity index (χ1n) is 13.6. The van der Waals surface area contributed by atoms with Gasteiger partial charge < -0.3 is 14.8 Å². The molecule has 0 aromatic heterocycles. The van der Waals surface area contributed by atoms with Crippen LogP contribution in [0.25, 0.3) is 0 Å². The minimum atomic E-state index is -0.173. The number of aryl methyl sites for hydroxylation is 1. The number of hydrogen-bond acceptors (Lipinski definition) is 7. The number of imide groups is 2. The SMILES string of the molecule is O=C(CCOCCOCCN1C(=O)CC(C2CCCC2)C1=O)Nc1ccc(CCC(=O)N2CCC2=O)cc1. The van der Waals surface area contributed by atoms with Gasteiger partial charge in [0.1, 0.15) is 0 Å². The van der Waals surface area contributed by atoms with Crippen LogP contribution in [0.2, 0.25) is 0 Å². The van der Waals surface area contributed by atoms with E-state index in [1.807, 2.05) is 12.1 Å². The van der Waals surface area contributed by atoms with E-state index in [9.17, 15) is 24.0 Å². The first-order chi connectivity index (χ1) is 18.4. The lowest BCUT2D eigenvalue weighted by Gasteiger charge is -2.28. The topological polar surface area (TPSA) is 122 Å². The van der Waals surface area contributed by atoms with Gasteiger partial charge in [0.05, 0.1) is 45.3 Å². The summed E-state index contributed by atoms with van der Waals surface area (Å²) >= 11 is 0. The van der Waals surface area contributed by atoms with Gasteiger partial charge in [0.15, 0.2) is 0 Å². The van der Waals surface area contributed by atoms with E-state index < -0.39 is 0 Å². The van der Waals surface area contributed by atoms with Crippen LogP contribution in [0.4, 0.5) is 5.69 Å². The highest BCUT2D eigenvalue weighted by Crippen LogP contribution is 2.37. The number of carbonyl (C=O) groups excluding carboxylic acids is 5. The molecular weight excluding hydrogens is 490 g/mol. The maximum absolute atomic E-state index is 12.6. The molecule has 2 heterocycles. The van der Waals surface area contributed by atoms with E-state index in [0.717, 1.165) is 31.2 Å². The Balaban J connectivity index is 1.02. The third kappa shape index (κ3) is 7.48. The van der Waals surface area contributed by atoms with E-state index >= 15 is 0 Å². The van der Waals surface area contributed by atoms with Crippen LogP contribution in [-0.2, 0) is 39.9 Å². The molecule has 206 valence electrons. The number of carbonyl (C=O) groups is 5. The molecule has 0 bridgehead atoms. The number of likely N-dealkylation sites (tertiary alicyclic amines) is 2. The van der Waals surface area contributed by atoms with E-state index in [1.54, 1.807) is 12.1 Å². The normalized spacial score (nSPS) is 19.8. The minimum absolute atomic E-state index is 0.0441. The lowest BCUT2D eigenvalue weighted by Crippen LogP contribution is -2.47. The highest BCUT2D eigenvalue weighted by atomic mass is 16.5. The van der Waals surface area contributed by atoms with Gasteiger partial charge in [-0.15, -0.1) is 0 Å². The first kappa shape index (κ1) is 27.9. The van der Waals surface area contributed by atoms with Crippen LogP contribution in [0.1, 0.15) is 56.9 Å². The van der Waals surface area contributed by atoms with Crippen molar-refractivity contribution in [1.82, 2.24) is 9.80 Å². The fraction of sp³-hybridized carbons (Fsp3) is 0.607. The fourth-order valence-corrected chi connectivity index (χ4v) is 5.26. The summed E-state index contributed by atoms with van der Waals surface area (Å²) in [6.45, 7) is 1.95. The predicted octanol–water partition coefficient (Wildman–Crippen LogP) is 2.31. The maximum atomic E-state index is 12.6. The number of nitrogens with zero attached hydrogens (tertiary/aromatic N) is 2. The quantitative estimate of drug-likeness (QED) is 0.224. The van der Waals surface area contributed by atoms with Crippen molar-refractivity contribution in [2.24, 2.45) is 11.8 Å². The summed E-state index contributed by atoms with van der Waals surface area (Å²) in [4.78, 5) is 62.9. The zero-order valence-electron chi connectivity index (χ0n) is 21.8. The lowest BCUT2D eigenvalue weighted by molar-refractivity contribution is -0.152. The van der Waals surface area contributed by atoms with Gasteiger partial charge in [-0.25, -0.2) is 0 Å². The summed E-state index contributed by atoms with van der Waals surface area (Å²) < 4.78 is 11.0. The Morgan fingerprint density at radius 3 is 2.26 bits per heavy atom. The van der Waals surface area contributed by atoms with Crippen molar-refractivity contribution in [3.8, 4) is 0 Å². The summed E-state index contributed by atoms with van der Waals surface area (Å²) in [5, 5.41) is 2.81. The second kappa shape index (κ2) is 13.6. The lowest BCUT2D eigenvalue weighted by atomic mass is 9.89. The van der Waals surface area contributed by atoms with E-state index in [1.165, 1.54) is 9.80 Å². The molecule has 3 fully saturated rings. The number of hydrogen-bond donors (Lipinski definition) is 1. The molecule has 1 aromatic rings. The van der Waals surface area contributed by atoms with E-state index in [4.69, 9.17) is 9.47 Å². The standard InChI is InChI=1S/C28H37N3O7/c32-24(29-22-8-5-20(6-9-22)7-10-25(33)30-13-11-26(30)34)12-15-37-17-18-38-16-14-31-27(35)19-23(28(31)36)21-3-1-2-4-21/h5-6,8-9,21,23H,1-4,7,10-19H2,(H,29,32). The van der Waals surface area contributed by atoms with Crippen molar-refractivity contribution in [2.75, 3.05) is 44.8 Å². The van der Waals surface area contributed by atoms with Crippen LogP contribution < -0.4 is 5.32 Å². The van der Waals surface area contributed by atoms with Gasteiger partial charge >= 0.3 is 0 Å². The zero-order valence-corrected chi connectivity index (χ0v) is 21.8. The molecule has 1 aliphatic carbocycles. The van der Waals surface area contributed by atoms with Crippen molar-refractivity contribution in [3.05, 3.63) is 29.8 Å². The Bertz CT molecular complexity index is 1020. The van der Waals surface area contributed by atoms with Gasteiger partial charge in [-0.3, -0.25) is 33.8 Å². The molecule has 1 atom stereocenters. The van der Waals surface area contributed by atoms with Crippen LogP contribution in [0.15, 0.2) is 24.3 Å². The van der Waals surface area contributed by atoms with Gasteiger partial charge in [-0.2, -0.15) is 0 Å². The van der Waals surface area contributed by atoms with Gasteiger partial charge in [0.25, 0.3) is 0 Å². The molecule has 1 N–H and O–H groups in total. The van der Waals surface area contributed by atoms with Gasteiger partial charge in [-0.1, -0.05) is 25.0 Å². The van der Waals surface area contributed by atoms with Gasteiger partial charge in [0, 0.05) is 31.5 Å². The molecule has 0 radical (unpaired) electrons. The number of rotatable bonds is 14. The summed E-state index contributed by atoms with van der Waals surface area (Å²) in [5.74, 6) is -0.352. The Morgan fingerprint density at radius 2 is 1.61 bits per heavy atom. The fourth-order valence-electron chi connectivity index (χ4n) is 5.26. The highest BCUT2D eigenvalue weighted by Gasteiger charge is 2.43.